The van der Waals surface area contributed by atoms with Crippen molar-refractivity contribution in [3.63, 3.8) is 0 Å². The average molecular weight is 396 g/mol. The van der Waals surface area contributed by atoms with Crippen LogP contribution in [0.25, 0.3) is 0 Å². The van der Waals surface area contributed by atoms with Crippen molar-refractivity contribution in [1.82, 2.24) is 16.0 Å². The molecule has 0 unspecified atom stereocenters. The van der Waals surface area contributed by atoms with Gasteiger partial charge in [-0.25, -0.2) is 0 Å². The van der Waals surface area contributed by atoms with Gasteiger partial charge in [-0.3, -0.25) is 9.79 Å². The van der Waals surface area contributed by atoms with Crippen LogP contribution < -0.4 is 16.0 Å². The largest absolute Gasteiger partial charge is 0.357 e. The zero-order valence-corrected chi connectivity index (χ0v) is 15.2. The Morgan fingerprint density at radius 3 is 2.45 bits per heavy atom. The summed E-state index contributed by atoms with van der Waals surface area (Å²) in [5.74, 6) is 0.992. The number of guanidine groups is 1. The minimum Gasteiger partial charge on any atom is -0.357 e. The van der Waals surface area contributed by atoms with Crippen LogP contribution in [-0.4, -0.2) is 37.5 Å². The maximum Gasteiger partial charge on any atom is 0.222 e. The SMILES string of the molecule is CCNC(=NCCNC(=O)C(C)C)NC1CCCC1.I. The Morgan fingerprint density at radius 1 is 1.25 bits per heavy atom. The molecule has 3 N–H and O–H groups in total. The number of hydrogen-bond acceptors (Lipinski definition) is 2. The van der Waals surface area contributed by atoms with E-state index in [-0.39, 0.29) is 35.8 Å². The predicted octanol–water partition coefficient (Wildman–Crippen LogP) is 1.87. The van der Waals surface area contributed by atoms with Crippen LogP contribution in [0.2, 0.25) is 0 Å². The normalized spacial score (nSPS) is 15.9. The van der Waals surface area contributed by atoms with Gasteiger partial charge in [0.05, 0.1) is 6.54 Å². The molecular weight excluding hydrogens is 367 g/mol. The van der Waals surface area contributed by atoms with Gasteiger partial charge >= 0.3 is 0 Å². The fourth-order valence-electron chi connectivity index (χ4n) is 2.13. The van der Waals surface area contributed by atoms with Gasteiger partial charge in [0.1, 0.15) is 0 Å². The van der Waals surface area contributed by atoms with Crippen molar-refractivity contribution in [2.24, 2.45) is 10.9 Å². The predicted molar refractivity (Wildman–Crippen MR) is 94.6 cm³/mol. The monoisotopic (exact) mass is 396 g/mol. The number of hydrogen-bond donors (Lipinski definition) is 3. The van der Waals surface area contributed by atoms with Gasteiger partial charge < -0.3 is 16.0 Å². The van der Waals surface area contributed by atoms with Crippen molar-refractivity contribution in [1.29, 1.82) is 0 Å². The standard InChI is InChI=1S/C14H28N4O.HI/c1-4-15-14(18-12-7-5-6-8-12)17-10-9-16-13(19)11(2)3;/h11-12H,4-10H2,1-3H3,(H,16,19)(H2,15,17,18);1H. The molecule has 1 saturated carbocycles. The number of aliphatic imine (C=N–C) groups is 1. The maximum atomic E-state index is 11.4. The highest BCUT2D eigenvalue weighted by atomic mass is 127. The summed E-state index contributed by atoms with van der Waals surface area (Å²) in [5, 5.41) is 9.57. The van der Waals surface area contributed by atoms with Crippen LogP contribution >= 0.6 is 24.0 Å². The highest BCUT2D eigenvalue weighted by Gasteiger charge is 2.15. The molecule has 1 rings (SSSR count). The molecule has 6 heteroatoms. The second kappa shape index (κ2) is 11.2. The Balaban J connectivity index is 0.00000361. The second-order valence-electron chi connectivity index (χ2n) is 5.33. The van der Waals surface area contributed by atoms with Gasteiger partial charge in [-0.05, 0) is 19.8 Å². The van der Waals surface area contributed by atoms with E-state index in [4.69, 9.17) is 0 Å². The van der Waals surface area contributed by atoms with E-state index in [1.165, 1.54) is 25.7 Å². The first-order valence-corrected chi connectivity index (χ1v) is 7.46. The summed E-state index contributed by atoms with van der Waals surface area (Å²) in [6.07, 6.45) is 5.08. The minimum atomic E-state index is 0. The Kier molecular flexibility index (Phi) is 10.9. The van der Waals surface area contributed by atoms with Gasteiger partial charge in [0.2, 0.25) is 5.91 Å². The third-order valence-electron chi connectivity index (χ3n) is 3.25. The topological polar surface area (TPSA) is 65.5 Å². The van der Waals surface area contributed by atoms with Gasteiger partial charge in [-0.15, -0.1) is 24.0 Å². The molecule has 0 atom stereocenters. The Hall–Kier alpha value is -0.530. The molecule has 1 fully saturated rings. The van der Waals surface area contributed by atoms with Gasteiger partial charge in [0.25, 0.3) is 0 Å². The van der Waals surface area contributed by atoms with Gasteiger partial charge in [0, 0.05) is 25.0 Å². The van der Waals surface area contributed by atoms with E-state index in [1.807, 2.05) is 13.8 Å². The molecule has 1 aliphatic carbocycles. The number of rotatable bonds is 6. The van der Waals surface area contributed by atoms with Crippen LogP contribution in [0.1, 0.15) is 46.5 Å². The van der Waals surface area contributed by atoms with Crippen molar-refractivity contribution in [3.8, 4) is 0 Å². The quantitative estimate of drug-likeness (QED) is 0.278. The fraction of sp³-hybridized carbons (Fsp3) is 0.857. The number of nitrogens with one attached hydrogen (secondary N) is 3. The molecule has 1 aliphatic rings. The molecule has 0 aromatic carbocycles. The van der Waals surface area contributed by atoms with Crippen molar-refractivity contribution in [2.45, 2.75) is 52.5 Å². The van der Waals surface area contributed by atoms with Crippen molar-refractivity contribution in [2.75, 3.05) is 19.6 Å². The van der Waals surface area contributed by atoms with E-state index in [0.717, 1.165) is 12.5 Å². The summed E-state index contributed by atoms with van der Waals surface area (Å²) in [6.45, 7) is 7.91. The number of halogens is 1. The summed E-state index contributed by atoms with van der Waals surface area (Å²) in [5.41, 5.74) is 0. The molecule has 0 bridgehead atoms. The lowest BCUT2D eigenvalue weighted by Gasteiger charge is -2.16. The molecule has 0 heterocycles. The van der Waals surface area contributed by atoms with Gasteiger partial charge in [0.15, 0.2) is 5.96 Å². The second-order valence-corrected chi connectivity index (χ2v) is 5.33. The van der Waals surface area contributed by atoms with E-state index in [9.17, 15) is 4.79 Å². The van der Waals surface area contributed by atoms with E-state index in [2.05, 4.69) is 27.9 Å². The van der Waals surface area contributed by atoms with Crippen molar-refractivity contribution >= 4 is 35.8 Å². The lowest BCUT2D eigenvalue weighted by atomic mass is 10.2. The summed E-state index contributed by atoms with van der Waals surface area (Å²) in [7, 11) is 0. The summed E-state index contributed by atoms with van der Waals surface area (Å²) < 4.78 is 0. The maximum absolute atomic E-state index is 11.4. The number of nitrogens with zero attached hydrogens (tertiary/aromatic N) is 1. The minimum absolute atomic E-state index is 0. The van der Waals surface area contributed by atoms with E-state index >= 15 is 0 Å². The number of carbonyl (C=O) groups excluding carboxylic acids is 1. The highest BCUT2D eigenvalue weighted by Crippen LogP contribution is 2.17. The third-order valence-corrected chi connectivity index (χ3v) is 3.25. The number of amides is 1. The zero-order chi connectivity index (χ0) is 14.1. The average Bonchev–Trinajstić information content (AvgIpc) is 2.87. The molecular formula is C14H29IN4O. The van der Waals surface area contributed by atoms with E-state index in [1.54, 1.807) is 0 Å². The van der Waals surface area contributed by atoms with E-state index < -0.39 is 0 Å². The summed E-state index contributed by atoms with van der Waals surface area (Å²) in [4.78, 5) is 15.9. The van der Waals surface area contributed by atoms with Crippen LogP contribution in [0.5, 0.6) is 0 Å². The molecule has 0 aromatic rings. The number of carbonyl (C=O) groups is 1. The Morgan fingerprint density at radius 2 is 1.90 bits per heavy atom. The Labute approximate surface area is 139 Å². The van der Waals surface area contributed by atoms with Crippen molar-refractivity contribution in [3.05, 3.63) is 0 Å². The first kappa shape index (κ1) is 19.5. The van der Waals surface area contributed by atoms with Gasteiger partial charge in [-0.2, -0.15) is 0 Å². The molecule has 118 valence electrons. The smallest absolute Gasteiger partial charge is 0.222 e. The molecule has 0 spiro atoms. The lowest BCUT2D eigenvalue weighted by molar-refractivity contribution is -0.123. The first-order chi connectivity index (χ1) is 9.13. The van der Waals surface area contributed by atoms with Crippen LogP contribution in [0.3, 0.4) is 0 Å². The van der Waals surface area contributed by atoms with Gasteiger partial charge in [-0.1, -0.05) is 26.7 Å². The fourth-order valence-corrected chi connectivity index (χ4v) is 2.13. The summed E-state index contributed by atoms with van der Waals surface area (Å²) in [6, 6.07) is 0.558. The summed E-state index contributed by atoms with van der Waals surface area (Å²) >= 11 is 0. The van der Waals surface area contributed by atoms with Crippen LogP contribution in [0, 0.1) is 5.92 Å². The van der Waals surface area contributed by atoms with Crippen LogP contribution in [0.15, 0.2) is 4.99 Å². The lowest BCUT2D eigenvalue weighted by Crippen LogP contribution is -2.42. The molecule has 5 nitrogen and oxygen atoms in total. The molecule has 0 aromatic heterocycles. The van der Waals surface area contributed by atoms with Crippen molar-refractivity contribution < 1.29 is 4.79 Å². The first-order valence-electron chi connectivity index (χ1n) is 7.46. The molecule has 0 aliphatic heterocycles. The highest BCUT2D eigenvalue weighted by molar-refractivity contribution is 14.0. The van der Waals surface area contributed by atoms with E-state index in [0.29, 0.717) is 19.1 Å². The van der Waals surface area contributed by atoms with Crippen LogP contribution in [-0.2, 0) is 4.79 Å². The zero-order valence-electron chi connectivity index (χ0n) is 12.9. The molecule has 1 amide bonds. The van der Waals surface area contributed by atoms with Crippen LogP contribution in [0.4, 0.5) is 0 Å². The Bertz CT molecular complexity index is 302. The molecule has 0 radical (unpaired) electrons. The molecule has 20 heavy (non-hydrogen) atoms. The third kappa shape index (κ3) is 7.91. The molecule has 0 saturated heterocycles.